The average Bonchev–Trinajstić information content (AvgIpc) is 3.13. The molecule has 30 heavy (non-hydrogen) atoms. The Balaban J connectivity index is 1.66. The topological polar surface area (TPSA) is 30.7 Å². The van der Waals surface area contributed by atoms with Gasteiger partial charge in [0.1, 0.15) is 17.5 Å². The molecule has 0 atom stereocenters. The van der Waals surface area contributed by atoms with Gasteiger partial charge in [-0.1, -0.05) is 53.2 Å². The standard InChI is InChI=1S/C22H15Cl2F2N3S/c23-19-10-3-15(11-20(19)24)12-21-27-28-22(29(21)18-8-6-17(26)7-9-18)30-13-14-1-4-16(25)5-2-14/h1-11H,12-13H2. The Morgan fingerprint density at radius 2 is 1.40 bits per heavy atom. The van der Waals surface area contributed by atoms with Crippen molar-refractivity contribution in [3.8, 4) is 5.69 Å². The van der Waals surface area contributed by atoms with Crippen LogP contribution in [0.4, 0.5) is 8.78 Å². The van der Waals surface area contributed by atoms with E-state index >= 15 is 0 Å². The van der Waals surface area contributed by atoms with Gasteiger partial charge in [0, 0.05) is 17.9 Å². The highest BCUT2D eigenvalue weighted by atomic mass is 35.5. The van der Waals surface area contributed by atoms with Crippen LogP contribution in [0.5, 0.6) is 0 Å². The Labute approximate surface area is 186 Å². The molecule has 0 radical (unpaired) electrons. The van der Waals surface area contributed by atoms with Crippen molar-refractivity contribution < 1.29 is 8.78 Å². The zero-order valence-electron chi connectivity index (χ0n) is 15.5. The summed E-state index contributed by atoms with van der Waals surface area (Å²) in [6.07, 6.45) is 0.471. The second kappa shape index (κ2) is 9.16. The predicted molar refractivity (Wildman–Crippen MR) is 117 cm³/mol. The van der Waals surface area contributed by atoms with Crippen LogP contribution in [0.2, 0.25) is 10.0 Å². The molecule has 8 heteroatoms. The van der Waals surface area contributed by atoms with E-state index in [1.165, 1.54) is 36.0 Å². The summed E-state index contributed by atoms with van der Waals surface area (Å²) in [6, 6.07) is 17.9. The number of halogens is 4. The maximum Gasteiger partial charge on any atom is 0.196 e. The lowest BCUT2D eigenvalue weighted by molar-refractivity contribution is 0.626. The first kappa shape index (κ1) is 20.8. The smallest absolute Gasteiger partial charge is 0.196 e. The molecule has 152 valence electrons. The average molecular weight is 462 g/mol. The quantitative estimate of drug-likeness (QED) is 0.298. The Morgan fingerprint density at radius 3 is 2.07 bits per heavy atom. The van der Waals surface area contributed by atoms with Crippen molar-refractivity contribution in [3.63, 3.8) is 0 Å². The molecule has 1 heterocycles. The van der Waals surface area contributed by atoms with E-state index in [0.29, 0.717) is 33.2 Å². The van der Waals surface area contributed by atoms with Gasteiger partial charge >= 0.3 is 0 Å². The first-order chi connectivity index (χ1) is 14.5. The van der Waals surface area contributed by atoms with E-state index in [-0.39, 0.29) is 11.6 Å². The van der Waals surface area contributed by atoms with Crippen LogP contribution in [0, 0.1) is 11.6 Å². The number of nitrogens with zero attached hydrogens (tertiary/aromatic N) is 3. The minimum atomic E-state index is -0.321. The van der Waals surface area contributed by atoms with Gasteiger partial charge < -0.3 is 0 Å². The molecule has 0 amide bonds. The third kappa shape index (κ3) is 4.83. The van der Waals surface area contributed by atoms with E-state index < -0.39 is 0 Å². The molecule has 0 aliphatic carbocycles. The highest BCUT2D eigenvalue weighted by Gasteiger charge is 2.16. The van der Waals surface area contributed by atoms with Crippen LogP contribution in [-0.4, -0.2) is 14.8 Å². The normalized spacial score (nSPS) is 11.1. The molecule has 0 N–H and O–H groups in total. The van der Waals surface area contributed by atoms with Gasteiger partial charge in [-0.3, -0.25) is 4.57 Å². The molecular weight excluding hydrogens is 447 g/mol. The van der Waals surface area contributed by atoms with Crippen LogP contribution in [0.1, 0.15) is 17.0 Å². The summed E-state index contributed by atoms with van der Waals surface area (Å²) < 4.78 is 28.5. The Bertz CT molecular complexity index is 1160. The molecule has 0 saturated carbocycles. The largest absolute Gasteiger partial charge is 0.274 e. The van der Waals surface area contributed by atoms with Crippen LogP contribution in [0.25, 0.3) is 5.69 Å². The highest BCUT2D eigenvalue weighted by molar-refractivity contribution is 7.98. The molecule has 3 nitrogen and oxygen atoms in total. The summed E-state index contributed by atoms with van der Waals surface area (Å²) in [4.78, 5) is 0. The molecule has 3 aromatic carbocycles. The van der Waals surface area contributed by atoms with E-state index in [2.05, 4.69) is 10.2 Å². The molecule has 0 saturated heterocycles. The monoisotopic (exact) mass is 461 g/mol. The number of rotatable bonds is 6. The number of benzene rings is 3. The van der Waals surface area contributed by atoms with Crippen LogP contribution in [0.15, 0.2) is 71.9 Å². The van der Waals surface area contributed by atoms with Gasteiger partial charge in [0.05, 0.1) is 10.0 Å². The van der Waals surface area contributed by atoms with Crippen LogP contribution >= 0.6 is 35.0 Å². The third-order valence-corrected chi connectivity index (χ3v) is 6.15. The Morgan fingerprint density at radius 1 is 0.767 bits per heavy atom. The van der Waals surface area contributed by atoms with Gasteiger partial charge in [0.2, 0.25) is 0 Å². The molecule has 0 unspecified atom stereocenters. The van der Waals surface area contributed by atoms with Gasteiger partial charge in [-0.2, -0.15) is 0 Å². The second-order valence-electron chi connectivity index (χ2n) is 6.55. The first-order valence-electron chi connectivity index (χ1n) is 9.01. The van der Waals surface area contributed by atoms with E-state index in [9.17, 15) is 8.78 Å². The maximum absolute atomic E-state index is 13.5. The van der Waals surface area contributed by atoms with Crippen molar-refractivity contribution in [2.45, 2.75) is 17.3 Å². The number of hydrogen-bond donors (Lipinski definition) is 0. The number of thioether (sulfide) groups is 1. The van der Waals surface area contributed by atoms with Gasteiger partial charge in [-0.15, -0.1) is 10.2 Å². The maximum atomic E-state index is 13.5. The van der Waals surface area contributed by atoms with Crippen molar-refractivity contribution in [3.05, 3.63) is 105 Å². The molecule has 1 aromatic heterocycles. The molecule has 0 spiro atoms. The lowest BCUT2D eigenvalue weighted by Crippen LogP contribution is -2.04. The number of aromatic nitrogens is 3. The van der Waals surface area contributed by atoms with Crippen LogP contribution < -0.4 is 0 Å². The summed E-state index contributed by atoms with van der Waals surface area (Å²) in [5.41, 5.74) is 2.63. The fourth-order valence-electron chi connectivity index (χ4n) is 2.92. The van der Waals surface area contributed by atoms with Crippen molar-refractivity contribution in [2.24, 2.45) is 0 Å². The fraction of sp³-hybridized carbons (Fsp3) is 0.0909. The summed E-state index contributed by atoms with van der Waals surface area (Å²) >= 11 is 13.6. The van der Waals surface area contributed by atoms with Gasteiger partial charge in [0.25, 0.3) is 0 Å². The van der Waals surface area contributed by atoms with Crippen molar-refractivity contribution in [1.29, 1.82) is 0 Å². The zero-order valence-corrected chi connectivity index (χ0v) is 17.9. The highest BCUT2D eigenvalue weighted by Crippen LogP contribution is 2.28. The van der Waals surface area contributed by atoms with Crippen LogP contribution in [-0.2, 0) is 12.2 Å². The van der Waals surface area contributed by atoms with E-state index in [1.54, 1.807) is 36.4 Å². The molecule has 0 bridgehead atoms. The molecule has 0 aliphatic rings. The fourth-order valence-corrected chi connectivity index (χ4v) is 4.17. The Hall–Kier alpha value is -2.41. The van der Waals surface area contributed by atoms with Gasteiger partial charge in [-0.05, 0) is 59.7 Å². The summed E-state index contributed by atoms with van der Waals surface area (Å²) in [6.45, 7) is 0. The first-order valence-corrected chi connectivity index (χ1v) is 10.7. The van der Waals surface area contributed by atoms with Gasteiger partial charge in [-0.25, -0.2) is 8.78 Å². The predicted octanol–water partition coefficient (Wildman–Crippen LogP) is 6.74. The molecule has 4 aromatic rings. The van der Waals surface area contributed by atoms with E-state index in [4.69, 9.17) is 23.2 Å². The minimum absolute atomic E-state index is 0.276. The summed E-state index contributed by atoms with van der Waals surface area (Å²) in [5.74, 6) is 0.675. The van der Waals surface area contributed by atoms with E-state index in [0.717, 1.165) is 16.8 Å². The number of hydrogen-bond acceptors (Lipinski definition) is 3. The molecular formula is C22H15Cl2F2N3S. The summed E-state index contributed by atoms with van der Waals surface area (Å²) in [5, 5.41) is 10.3. The van der Waals surface area contributed by atoms with Crippen LogP contribution in [0.3, 0.4) is 0 Å². The SMILES string of the molecule is Fc1ccc(CSc2nnc(Cc3ccc(Cl)c(Cl)c3)n2-c2ccc(F)cc2)cc1. The second-order valence-corrected chi connectivity index (χ2v) is 8.31. The van der Waals surface area contributed by atoms with Crippen molar-refractivity contribution >= 4 is 35.0 Å². The van der Waals surface area contributed by atoms with Crippen molar-refractivity contribution in [2.75, 3.05) is 0 Å². The molecule has 0 aliphatic heterocycles. The lowest BCUT2D eigenvalue weighted by atomic mass is 10.1. The molecule has 4 rings (SSSR count). The van der Waals surface area contributed by atoms with Gasteiger partial charge in [0.15, 0.2) is 5.16 Å². The summed E-state index contributed by atoms with van der Waals surface area (Å²) in [7, 11) is 0. The zero-order chi connectivity index (χ0) is 21.1. The van der Waals surface area contributed by atoms with E-state index in [1.807, 2.05) is 10.6 Å². The Kier molecular flexibility index (Phi) is 6.37. The third-order valence-electron chi connectivity index (χ3n) is 4.41. The lowest BCUT2D eigenvalue weighted by Gasteiger charge is -2.11. The molecule has 0 fully saturated rings. The van der Waals surface area contributed by atoms with Crippen molar-refractivity contribution in [1.82, 2.24) is 14.8 Å². The minimum Gasteiger partial charge on any atom is -0.274 e.